The van der Waals surface area contributed by atoms with Gasteiger partial charge in [-0.15, -0.1) is 35.3 Å². The van der Waals surface area contributed by atoms with Crippen molar-refractivity contribution in [1.82, 2.24) is 14.9 Å². The molecule has 5 nitrogen and oxygen atoms in total. The second-order valence-electron chi connectivity index (χ2n) is 6.64. The molecule has 0 bridgehead atoms. The van der Waals surface area contributed by atoms with Crippen LogP contribution in [0.5, 0.6) is 0 Å². The fourth-order valence-corrected chi connectivity index (χ4v) is 3.79. The Bertz CT molecular complexity index is 1050. The number of benzene rings is 2. The van der Waals surface area contributed by atoms with E-state index in [1.807, 2.05) is 24.5 Å². The van der Waals surface area contributed by atoms with Crippen molar-refractivity contribution in [3.63, 3.8) is 0 Å². The number of aromatic nitrogens is 2. The smallest absolute Gasteiger partial charge is 0.188 e. The predicted octanol–water partition coefficient (Wildman–Crippen LogP) is 4.41. The van der Waals surface area contributed by atoms with Crippen molar-refractivity contribution in [2.24, 2.45) is 10.7 Å². The molecule has 0 fully saturated rings. The van der Waals surface area contributed by atoms with Crippen LogP contribution in [0, 0.1) is 0 Å². The molecular formula is C22H24IN5S. The van der Waals surface area contributed by atoms with Crippen molar-refractivity contribution < 1.29 is 0 Å². The van der Waals surface area contributed by atoms with Gasteiger partial charge in [0.1, 0.15) is 0 Å². The number of rotatable bonds is 7. The van der Waals surface area contributed by atoms with Crippen LogP contribution < -0.4 is 11.1 Å². The summed E-state index contributed by atoms with van der Waals surface area (Å²) >= 11 is 1.76. The first-order valence-corrected chi connectivity index (χ1v) is 10.2. The molecule has 0 unspecified atom stereocenters. The molecule has 2 aromatic heterocycles. The SMILES string of the molecule is I.NC(=NCc1ccc(Cn2cnc3ccccc32)cc1)NCCc1cccs1. The fraction of sp³-hybridized carbons (Fsp3) is 0.182. The van der Waals surface area contributed by atoms with Crippen LogP contribution in [0.15, 0.2) is 77.4 Å². The number of para-hydroxylation sites is 2. The van der Waals surface area contributed by atoms with Crippen molar-refractivity contribution in [3.8, 4) is 0 Å². The Hall–Kier alpha value is -2.39. The van der Waals surface area contributed by atoms with Gasteiger partial charge in [0.05, 0.1) is 23.9 Å². The van der Waals surface area contributed by atoms with Gasteiger partial charge in [0, 0.05) is 18.0 Å². The van der Waals surface area contributed by atoms with Gasteiger partial charge in [-0.3, -0.25) is 0 Å². The number of nitrogens with two attached hydrogens (primary N) is 1. The minimum absolute atomic E-state index is 0. The summed E-state index contributed by atoms with van der Waals surface area (Å²) in [6.45, 7) is 2.18. The zero-order chi connectivity index (χ0) is 19.2. The lowest BCUT2D eigenvalue weighted by Crippen LogP contribution is -2.33. The molecule has 2 heterocycles. The molecule has 0 aliphatic rings. The Morgan fingerprint density at radius 2 is 1.83 bits per heavy atom. The Kier molecular flexibility index (Phi) is 7.65. The summed E-state index contributed by atoms with van der Waals surface area (Å²) in [6, 6.07) is 20.9. The standard InChI is InChI=1S/C22H23N5S.HI/c23-22(24-12-11-19-4-3-13-28-19)25-14-17-7-9-18(10-8-17)15-27-16-26-20-5-1-2-6-21(20)27;/h1-10,13,16H,11-12,14-15H2,(H3,23,24,25);1H. The van der Waals surface area contributed by atoms with Crippen LogP contribution in [-0.2, 0) is 19.5 Å². The summed E-state index contributed by atoms with van der Waals surface area (Å²) in [5, 5.41) is 5.26. The number of nitrogens with one attached hydrogen (secondary N) is 1. The van der Waals surface area contributed by atoms with Gasteiger partial charge in [-0.05, 0) is 41.1 Å². The molecule has 150 valence electrons. The van der Waals surface area contributed by atoms with Gasteiger partial charge >= 0.3 is 0 Å². The van der Waals surface area contributed by atoms with E-state index in [1.165, 1.54) is 10.4 Å². The van der Waals surface area contributed by atoms with Gasteiger partial charge in [0.25, 0.3) is 0 Å². The first-order chi connectivity index (χ1) is 13.8. The van der Waals surface area contributed by atoms with Gasteiger partial charge in [-0.1, -0.05) is 42.5 Å². The number of guanidine groups is 1. The molecule has 7 heteroatoms. The van der Waals surface area contributed by atoms with Crippen LogP contribution in [0.3, 0.4) is 0 Å². The van der Waals surface area contributed by atoms with E-state index in [4.69, 9.17) is 5.73 Å². The lowest BCUT2D eigenvalue weighted by molar-refractivity contribution is 0.823. The van der Waals surface area contributed by atoms with E-state index < -0.39 is 0 Å². The normalized spacial score (nSPS) is 11.4. The van der Waals surface area contributed by atoms with E-state index in [1.54, 1.807) is 11.3 Å². The highest BCUT2D eigenvalue weighted by Gasteiger charge is 2.03. The van der Waals surface area contributed by atoms with Crippen molar-refractivity contribution in [2.75, 3.05) is 6.54 Å². The Labute approximate surface area is 191 Å². The highest BCUT2D eigenvalue weighted by molar-refractivity contribution is 14.0. The molecular weight excluding hydrogens is 493 g/mol. The molecule has 0 saturated heterocycles. The highest BCUT2D eigenvalue weighted by Crippen LogP contribution is 2.15. The average Bonchev–Trinajstić information content (AvgIpc) is 3.38. The summed E-state index contributed by atoms with van der Waals surface area (Å²) in [5.41, 5.74) is 10.5. The van der Waals surface area contributed by atoms with E-state index in [0.717, 1.165) is 36.1 Å². The van der Waals surface area contributed by atoms with Crippen molar-refractivity contribution in [2.45, 2.75) is 19.5 Å². The van der Waals surface area contributed by atoms with Crippen LogP contribution in [0.25, 0.3) is 11.0 Å². The van der Waals surface area contributed by atoms with Gasteiger partial charge < -0.3 is 15.6 Å². The molecule has 0 amide bonds. The number of aliphatic imine (C=N–C) groups is 1. The van der Waals surface area contributed by atoms with Gasteiger partial charge in [0.2, 0.25) is 0 Å². The number of hydrogen-bond donors (Lipinski definition) is 2. The minimum atomic E-state index is 0. The number of imidazole rings is 1. The maximum absolute atomic E-state index is 5.97. The van der Waals surface area contributed by atoms with E-state index in [2.05, 4.69) is 67.7 Å². The molecule has 0 aliphatic heterocycles. The minimum Gasteiger partial charge on any atom is -0.370 e. The predicted molar refractivity (Wildman–Crippen MR) is 132 cm³/mol. The highest BCUT2D eigenvalue weighted by atomic mass is 127. The molecule has 29 heavy (non-hydrogen) atoms. The second kappa shape index (κ2) is 10.4. The number of thiophene rings is 1. The van der Waals surface area contributed by atoms with Gasteiger partial charge in [-0.2, -0.15) is 0 Å². The number of fused-ring (bicyclic) bond motifs is 1. The first-order valence-electron chi connectivity index (χ1n) is 9.32. The third-order valence-corrected chi connectivity index (χ3v) is 5.53. The Balaban J connectivity index is 0.00000240. The molecule has 0 saturated carbocycles. The molecule has 0 radical (unpaired) electrons. The number of halogens is 1. The van der Waals surface area contributed by atoms with Crippen LogP contribution in [0.1, 0.15) is 16.0 Å². The topological polar surface area (TPSA) is 68.2 Å². The molecule has 0 spiro atoms. The molecule has 2 aromatic carbocycles. The van der Waals surface area contributed by atoms with E-state index in [9.17, 15) is 0 Å². The number of hydrogen-bond acceptors (Lipinski definition) is 3. The maximum Gasteiger partial charge on any atom is 0.188 e. The zero-order valence-electron chi connectivity index (χ0n) is 16.0. The molecule has 0 atom stereocenters. The monoisotopic (exact) mass is 517 g/mol. The van der Waals surface area contributed by atoms with E-state index >= 15 is 0 Å². The summed E-state index contributed by atoms with van der Waals surface area (Å²) in [5.74, 6) is 0.491. The van der Waals surface area contributed by atoms with Crippen molar-refractivity contribution in [3.05, 3.63) is 88.4 Å². The van der Waals surface area contributed by atoms with Crippen molar-refractivity contribution >= 4 is 52.3 Å². The molecule has 4 aromatic rings. The number of nitrogens with zero attached hydrogens (tertiary/aromatic N) is 3. The lowest BCUT2D eigenvalue weighted by atomic mass is 10.1. The lowest BCUT2D eigenvalue weighted by Gasteiger charge is -2.07. The van der Waals surface area contributed by atoms with Crippen molar-refractivity contribution in [1.29, 1.82) is 0 Å². The average molecular weight is 517 g/mol. The zero-order valence-corrected chi connectivity index (χ0v) is 19.1. The first kappa shape index (κ1) is 21.3. The van der Waals surface area contributed by atoms with Crippen LogP contribution in [0.4, 0.5) is 0 Å². The maximum atomic E-state index is 5.97. The largest absolute Gasteiger partial charge is 0.370 e. The van der Waals surface area contributed by atoms with Crippen LogP contribution in [-0.4, -0.2) is 22.1 Å². The quantitative estimate of drug-likeness (QED) is 0.217. The second-order valence-corrected chi connectivity index (χ2v) is 7.67. The van der Waals surface area contributed by atoms with Gasteiger partial charge in [0.15, 0.2) is 5.96 Å². The van der Waals surface area contributed by atoms with E-state index in [0.29, 0.717) is 12.5 Å². The van der Waals surface area contributed by atoms with Crippen LogP contribution >= 0.6 is 35.3 Å². The van der Waals surface area contributed by atoms with E-state index in [-0.39, 0.29) is 24.0 Å². The third kappa shape index (κ3) is 5.80. The molecule has 4 rings (SSSR count). The Morgan fingerprint density at radius 3 is 2.62 bits per heavy atom. The van der Waals surface area contributed by atoms with Crippen LogP contribution in [0.2, 0.25) is 0 Å². The summed E-state index contributed by atoms with van der Waals surface area (Å²) in [4.78, 5) is 10.2. The fourth-order valence-electron chi connectivity index (χ4n) is 3.08. The Morgan fingerprint density at radius 1 is 1.03 bits per heavy atom. The molecule has 3 N–H and O–H groups in total. The third-order valence-electron chi connectivity index (χ3n) is 4.59. The summed E-state index contributed by atoms with van der Waals surface area (Å²) < 4.78 is 2.16. The van der Waals surface area contributed by atoms with Gasteiger partial charge in [-0.25, -0.2) is 9.98 Å². The summed E-state index contributed by atoms with van der Waals surface area (Å²) in [7, 11) is 0. The molecule has 0 aliphatic carbocycles. The summed E-state index contributed by atoms with van der Waals surface area (Å²) in [6.07, 6.45) is 2.86.